The van der Waals surface area contributed by atoms with Crippen molar-refractivity contribution in [2.45, 2.75) is 15.9 Å². The first-order valence-corrected chi connectivity index (χ1v) is 8.05. The standard InChI is InChI=1S/C4H3F6N3O4S3/c5-2(6,7)3(12-11-1-18-3)19(14,15)13-20(16,17)4(8,9)10/h13H,1H2. The first kappa shape index (κ1) is 17.4. The van der Waals surface area contributed by atoms with E-state index in [2.05, 4.69) is 10.2 Å². The summed E-state index contributed by atoms with van der Waals surface area (Å²) in [6.45, 7) is 0. The predicted octanol–water partition coefficient (Wildman–Crippen LogP) is 1.13. The van der Waals surface area contributed by atoms with Gasteiger partial charge in [0, 0.05) is 0 Å². The Hall–Kier alpha value is -0.610. The van der Waals surface area contributed by atoms with E-state index in [0.29, 0.717) is 0 Å². The van der Waals surface area contributed by atoms with Gasteiger partial charge in [-0.15, -0.1) is 5.11 Å². The number of nitrogens with one attached hydrogen (secondary N) is 1. The maximum absolute atomic E-state index is 12.7. The Morgan fingerprint density at radius 2 is 1.55 bits per heavy atom. The van der Waals surface area contributed by atoms with Gasteiger partial charge in [-0.2, -0.15) is 31.5 Å². The van der Waals surface area contributed by atoms with Crippen LogP contribution in [0.1, 0.15) is 0 Å². The van der Waals surface area contributed by atoms with Crippen LogP contribution in [0.2, 0.25) is 0 Å². The van der Waals surface area contributed by atoms with Crippen LogP contribution in [-0.4, -0.2) is 38.6 Å². The summed E-state index contributed by atoms with van der Waals surface area (Å²) in [7, 11) is -12.6. The van der Waals surface area contributed by atoms with Gasteiger partial charge < -0.3 is 0 Å². The van der Waals surface area contributed by atoms with Crippen molar-refractivity contribution in [3.63, 3.8) is 0 Å². The van der Waals surface area contributed by atoms with Crippen molar-refractivity contribution < 1.29 is 43.2 Å². The second kappa shape index (κ2) is 4.70. The number of thioether (sulfide) groups is 1. The van der Waals surface area contributed by atoms with Crippen molar-refractivity contribution in [3.8, 4) is 0 Å². The Morgan fingerprint density at radius 3 is 1.85 bits per heavy atom. The van der Waals surface area contributed by atoms with Crippen LogP contribution >= 0.6 is 11.8 Å². The molecule has 0 saturated carbocycles. The van der Waals surface area contributed by atoms with E-state index < -0.39 is 53.6 Å². The molecule has 0 fully saturated rings. The van der Waals surface area contributed by atoms with Crippen molar-refractivity contribution >= 4 is 31.8 Å². The molecule has 0 saturated heterocycles. The third-order valence-electron chi connectivity index (χ3n) is 1.77. The largest absolute Gasteiger partial charge is 0.512 e. The van der Waals surface area contributed by atoms with E-state index in [9.17, 15) is 43.2 Å². The van der Waals surface area contributed by atoms with Crippen molar-refractivity contribution in [1.29, 1.82) is 0 Å². The van der Waals surface area contributed by atoms with Crippen molar-refractivity contribution in [2.75, 3.05) is 5.88 Å². The van der Waals surface area contributed by atoms with Crippen LogP contribution in [0.3, 0.4) is 0 Å². The normalized spacial score (nSPS) is 25.1. The molecule has 1 N–H and O–H groups in total. The molecule has 1 rings (SSSR count). The minimum atomic E-state index is -6.54. The summed E-state index contributed by atoms with van der Waals surface area (Å²) in [4.78, 5) is 0. The predicted molar refractivity (Wildman–Crippen MR) is 53.1 cm³/mol. The number of halogens is 6. The highest BCUT2D eigenvalue weighted by Gasteiger charge is 2.69. The lowest BCUT2D eigenvalue weighted by molar-refractivity contribution is -0.137. The molecule has 7 nitrogen and oxygen atoms in total. The number of rotatable bonds is 3. The van der Waals surface area contributed by atoms with Gasteiger partial charge in [0.05, 0.1) is 0 Å². The zero-order valence-electron chi connectivity index (χ0n) is 8.73. The van der Waals surface area contributed by atoms with E-state index in [1.54, 1.807) is 0 Å². The third-order valence-corrected chi connectivity index (χ3v) is 7.13. The molecule has 0 radical (unpaired) electrons. The Kier molecular flexibility index (Phi) is 4.10. The van der Waals surface area contributed by atoms with E-state index in [0.717, 1.165) is 0 Å². The molecule has 0 aromatic carbocycles. The highest BCUT2D eigenvalue weighted by Crippen LogP contribution is 2.50. The van der Waals surface area contributed by atoms with Crippen LogP contribution in [0, 0.1) is 0 Å². The van der Waals surface area contributed by atoms with Crippen molar-refractivity contribution in [1.82, 2.24) is 4.13 Å². The molecular formula is C4H3F6N3O4S3. The first-order chi connectivity index (χ1) is 8.66. The fourth-order valence-corrected chi connectivity index (χ4v) is 5.05. The van der Waals surface area contributed by atoms with E-state index in [-0.39, 0.29) is 4.13 Å². The van der Waals surface area contributed by atoms with E-state index in [1.807, 2.05) is 0 Å². The maximum atomic E-state index is 12.7. The zero-order valence-corrected chi connectivity index (χ0v) is 11.2. The number of alkyl halides is 6. The number of sulfonamides is 2. The van der Waals surface area contributed by atoms with Crippen molar-refractivity contribution in [2.24, 2.45) is 10.2 Å². The van der Waals surface area contributed by atoms with Gasteiger partial charge in [0.1, 0.15) is 5.88 Å². The summed E-state index contributed by atoms with van der Waals surface area (Å²) < 4.78 is 114. The number of hydrogen-bond donors (Lipinski definition) is 1. The Labute approximate surface area is 111 Å². The van der Waals surface area contributed by atoms with Gasteiger partial charge in [0.15, 0.2) is 0 Å². The molecule has 0 amide bonds. The summed E-state index contributed by atoms with van der Waals surface area (Å²) in [6, 6.07) is 0. The van der Waals surface area contributed by atoms with Gasteiger partial charge in [-0.05, 0) is 0 Å². The Morgan fingerprint density at radius 1 is 1.05 bits per heavy atom. The lowest BCUT2D eigenvalue weighted by atomic mass is 10.6. The molecule has 16 heteroatoms. The van der Waals surface area contributed by atoms with E-state index in [1.165, 1.54) is 0 Å². The molecule has 1 aliphatic heterocycles. The van der Waals surface area contributed by atoms with Gasteiger partial charge in [-0.3, -0.25) is 0 Å². The highest BCUT2D eigenvalue weighted by atomic mass is 32.3. The topological polar surface area (TPSA) is 105 Å². The van der Waals surface area contributed by atoms with Gasteiger partial charge in [-0.25, -0.2) is 16.8 Å². The summed E-state index contributed by atoms with van der Waals surface area (Å²) in [6.07, 6.45) is -5.68. The maximum Gasteiger partial charge on any atom is 0.512 e. The molecule has 0 bridgehead atoms. The summed E-state index contributed by atoms with van der Waals surface area (Å²) >= 11 is -0.486. The average Bonchev–Trinajstić information content (AvgIpc) is 2.61. The first-order valence-electron chi connectivity index (χ1n) is 4.10. The van der Waals surface area contributed by atoms with E-state index in [4.69, 9.17) is 0 Å². The molecule has 0 spiro atoms. The highest BCUT2D eigenvalue weighted by molar-refractivity contribution is 8.17. The second-order valence-electron chi connectivity index (χ2n) is 3.13. The number of hydrogen-bond acceptors (Lipinski definition) is 7. The van der Waals surface area contributed by atoms with Crippen LogP contribution < -0.4 is 4.13 Å². The number of azo groups is 1. The molecule has 118 valence electrons. The van der Waals surface area contributed by atoms with E-state index >= 15 is 0 Å². The molecule has 1 heterocycles. The van der Waals surface area contributed by atoms with Crippen molar-refractivity contribution in [3.05, 3.63) is 0 Å². The Bertz CT molecular complexity index is 621. The number of nitrogens with zero attached hydrogens (tertiary/aromatic N) is 2. The molecule has 1 aliphatic rings. The van der Waals surface area contributed by atoms with Gasteiger partial charge in [0.25, 0.3) is 10.0 Å². The summed E-state index contributed by atoms with van der Waals surface area (Å²) in [5.74, 6) is -0.813. The molecule has 0 aromatic rings. The smallest absolute Gasteiger partial charge is 0.207 e. The summed E-state index contributed by atoms with van der Waals surface area (Å²) in [5, 5.41) is 5.09. The van der Waals surface area contributed by atoms with Gasteiger partial charge in [0.2, 0.25) is 0 Å². The van der Waals surface area contributed by atoms with Gasteiger partial charge >= 0.3 is 25.9 Å². The molecule has 0 aliphatic carbocycles. The quantitative estimate of drug-likeness (QED) is 0.753. The SMILES string of the molecule is O=S(=O)(NS(=O)(=O)C1(C(F)(F)F)N=NCS1)C(F)(F)F. The average molecular weight is 367 g/mol. The van der Waals surface area contributed by atoms with Crippen LogP contribution in [0.25, 0.3) is 0 Å². The summed E-state index contributed by atoms with van der Waals surface area (Å²) in [5.41, 5.74) is -6.10. The van der Waals surface area contributed by atoms with Crippen LogP contribution in [-0.2, 0) is 20.0 Å². The van der Waals surface area contributed by atoms with Crippen LogP contribution in [0.15, 0.2) is 10.2 Å². The van der Waals surface area contributed by atoms with Gasteiger partial charge in [-0.1, -0.05) is 15.9 Å². The molecule has 20 heavy (non-hydrogen) atoms. The Balaban J connectivity index is 3.34. The molecular weight excluding hydrogens is 364 g/mol. The van der Waals surface area contributed by atoms with Crippen LogP contribution in [0.5, 0.6) is 0 Å². The zero-order chi connectivity index (χ0) is 16.0. The molecule has 1 atom stereocenters. The second-order valence-corrected chi connectivity index (χ2v) is 8.26. The lowest BCUT2D eigenvalue weighted by Gasteiger charge is -2.25. The fraction of sp³-hybridized carbons (Fsp3) is 1.00. The monoisotopic (exact) mass is 367 g/mol. The lowest BCUT2D eigenvalue weighted by Crippen LogP contribution is -2.54. The van der Waals surface area contributed by atoms with Crippen LogP contribution in [0.4, 0.5) is 26.3 Å². The molecule has 1 unspecified atom stereocenters. The minimum absolute atomic E-state index is 0.0133. The fourth-order valence-electron chi connectivity index (χ4n) is 0.938. The third kappa shape index (κ3) is 2.73. The molecule has 0 aromatic heterocycles. The minimum Gasteiger partial charge on any atom is -0.207 e.